The Kier molecular flexibility index (Phi) is 20.1. The summed E-state index contributed by atoms with van der Waals surface area (Å²) in [5.41, 5.74) is 4.99. The van der Waals surface area contributed by atoms with Crippen molar-refractivity contribution in [2.45, 2.75) is 45.7 Å². The summed E-state index contributed by atoms with van der Waals surface area (Å²) in [6.45, 7) is 7.96. The maximum absolute atomic E-state index is 10.5. The summed E-state index contributed by atoms with van der Waals surface area (Å²) in [4.78, 5) is 10.5. The second kappa shape index (κ2) is 18.8. The summed E-state index contributed by atoms with van der Waals surface area (Å²) in [6, 6.07) is 0.949. The van der Waals surface area contributed by atoms with Crippen molar-refractivity contribution in [2.75, 3.05) is 53.6 Å². The van der Waals surface area contributed by atoms with Crippen molar-refractivity contribution in [3.05, 3.63) is 0 Å². The lowest BCUT2D eigenvalue weighted by atomic mass is 10.5. The molecular formula is C16H39ClN2O7Si2. The lowest BCUT2D eigenvalue weighted by Crippen LogP contribution is -2.46. The zero-order chi connectivity index (χ0) is 21.9. The zero-order valence-electron chi connectivity index (χ0n) is 18.2. The maximum Gasteiger partial charge on any atom is 0.500 e. The molecule has 0 atom stereocenters. The normalized spacial score (nSPS) is 11.7. The van der Waals surface area contributed by atoms with Crippen LogP contribution in [0.25, 0.3) is 0 Å². The van der Waals surface area contributed by atoms with Crippen molar-refractivity contribution >= 4 is 35.2 Å². The van der Waals surface area contributed by atoms with Crippen molar-refractivity contribution in [3.63, 3.8) is 0 Å². The molecule has 0 bridgehead atoms. The molecule has 28 heavy (non-hydrogen) atoms. The number of carbonyl (C=O) groups excluding carboxylic acids is 1. The number of halogens is 1. The van der Waals surface area contributed by atoms with E-state index in [0.717, 1.165) is 18.9 Å². The first-order valence-corrected chi connectivity index (χ1v) is 13.9. The van der Waals surface area contributed by atoms with E-state index in [1.54, 1.807) is 21.3 Å². The molecule has 12 heteroatoms. The number of rotatable bonds is 16. The van der Waals surface area contributed by atoms with Crippen molar-refractivity contribution in [1.82, 2.24) is 5.32 Å². The summed E-state index contributed by atoms with van der Waals surface area (Å²) in [7, 11) is -0.0686. The molecule has 170 valence electrons. The molecule has 0 aromatic heterocycles. The van der Waals surface area contributed by atoms with Crippen LogP contribution in [0.1, 0.15) is 33.6 Å². The Morgan fingerprint density at radius 2 is 1.29 bits per heavy atom. The average molecular weight is 463 g/mol. The smallest absolute Gasteiger partial charge is 0.377 e. The Hall–Kier alpha value is -0.246. The van der Waals surface area contributed by atoms with Crippen LogP contribution in [-0.4, -0.2) is 77.2 Å². The predicted molar refractivity (Wildman–Crippen MR) is 115 cm³/mol. The van der Waals surface area contributed by atoms with Gasteiger partial charge in [-0.3, -0.25) is 0 Å². The molecule has 0 radical (unpaired) electrons. The van der Waals surface area contributed by atoms with Gasteiger partial charge in [-0.2, -0.15) is 0 Å². The molecule has 0 aromatic rings. The van der Waals surface area contributed by atoms with E-state index in [-0.39, 0.29) is 0 Å². The molecule has 0 unspecified atom stereocenters. The number of primary amides is 1. The number of nitrogens with one attached hydrogen (secondary N) is 1. The first-order valence-electron chi connectivity index (χ1n) is 9.51. The van der Waals surface area contributed by atoms with Gasteiger partial charge in [0.05, 0.1) is 0 Å². The largest absolute Gasteiger partial charge is 0.500 e. The highest BCUT2D eigenvalue weighted by molar-refractivity contribution is 6.61. The number of carbonyl (C=O) groups is 1. The molecule has 9 nitrogen and oxygen atoms in total. The van der Waals surface area contributed by atoms with Crippen molar-refractivity contribution in [1.29, 1.82) is 0 Å². The molecule has 0 saturated heterocycles. The Balaban J connectivity index is 0. The summed E-state index contributed by atoms with van der Waals surface area (Å²) in [5.74, 6) is 0.616. The standard InChI is InChI=1S/C10H24N2O4Si.C6H15ClO3Si/c1-4-14-17(15-5-2,16-6-3)9-7-8-12-10(11)13;1-8-11(9-2,10-3)6-4-5-7/h4-9H2,1-3H3,(H3,11,12,13);4-6H2,1-3H3. The third-order valence-corrected chi connectivity index (χ3v) is 9.85. The van der Waals surface area contributed by atoms with Crippen molar-refractivity contribution in [3.8, 4) is 0 Å². The first-order chi connectivity index (χ1) is 13.3. The highest BCUT2D eigenvalue weighted by atomic mass is 35.5. The first kappa shape index (κ1) is 30.0. The number of nitrogens with two attached hydrogens (primary N) is 1. The van der Waals surface area contributed by atoms with Gasteiger partial charge in [0.2, 0.25) is 0 Å². The Labute approximate surface area is 177 Å². The molecule has 3 N–H and O–H groups in total. The SMILES string of the molecule is CCO[Si](CCCNC(N)=O)(OCC)OCC.CO[Si](CCCCl)(OC)OC. The van der Waals surface area contributed by atoms with E-state index >= 15 is 0 Å². The zero-order valence-corrected chi connectivity index (χ0v) is 20.9. The monoisotopic (exact) mass is 462 g/mol. The summed E-state index contributed by atoms with van der Waals surface area (Å²) < 4.78 is 32.5. The fraction of sp³-hybridized carbons (Fsp3) is 0.938. The minimum absolute atomic E-state index is 0.511. The molecular weight excluding hydrogens is 424 g/mol. The summed E-state index contributed by atoms with van der Waals surface area (Å²) in [6.07, 6.45) is 1.60. The Morgan fingerprint density at radius 3 is 1.61 bits per heavy atom. The quantitative estimate of drug-likeness (QED) is 0.206. The van der Waals surface area contributed by atoms with E-state index in [9.17, 15) is 4.79 Å². The molecule has 2 amide bonds. The molecule has 0 aliphatic carbocycles. The number of hydrogen-bond acceptors (Lipinski definition) is 7. The lowest BCUT2D eigenvalue weighted by Gasteiger charge is -2.28. The second-order valence-corrected chi connectivity index (χ2v) is 11.7. The van der Waals surface area contributed by atoms with E-state index in [1.165, 1.54) is 0 Å². The molecule has 0 aromatic carbocycles. The molecule has 0 aliphatic rings. The van der Waals surface area contributed by atoms with Gasteiger partial charge in [-0.15, -0.1) is 11.6 Å². The van der Waals surface area contributed by atoms with Crippen LogP contribution in [0, 0.1) is 0 Å². The van der Waals surface area contributed by atoms with Gasteiger partial charge in [-0.05, 0) is 33.6 Å². The van der Waals surface area contributed by atoms with Gasteiger partial charge in [0, 0.05) is 65.7 Å². The maximum atomic E-state index is 10.5. The van der Waals surface area contributed by atoms with Gasteiger partial charge in [-0.1, -0.05) is 0 Å². The van der Waals surface area contributed by atoms with E-state index in [2.05, 4.69) is 5.32 Å². The third kappa shape index (κ3) is 13.9. The molecule has 0 saturated carbocycles. The van der Waals surface area contributed by atoms with E-state index in [1.807, 2.05) is 20.8 Å². The van der Waals surface area contributed by atoms with Crippen LogP contribution in [0.4, 0.5) is 4.79 Å². The molecule has 0 aliphatic heterocycles. The number of hydrogen-bond donors (Lipinski definition) is 2. The summed E-state index contributed by atoms with van der Waals surface area (Å²) in [5, 5.41) is 2.54. The number of amides is 2. The minimum atomic E-state index is -2.56. The molecule has 0 heterocycles. The van der Waals surface area contributed by atoms with E-state index in [4.69, 9.17) is 43.9 Å². The topological polar surface area (TPSA) is 111 Å². The van der Waals surface area contributed by atoms with Crippen LogP contribution in [0.15, 0.2) is 0 Å². The predicted octanol–water partition coefficient (Wildman–Crippen LogP) is 2.59. The second-order valence-electron chi connectivity index (χ2n) is 5.46. The fourth-order valence-electron chi connectivity index (χ4n) is 2.36. The fourth-order valence-corrected chi connectivity index (χ4v) is 7.05. The van der Waals surface area contributed by atoms with Crippen LogP contribution in [-0.2, 0) is 26.6 Å². The Bertz CT molecular complexity index is 356. The highest BCUT2D eigenvalue weighted by Crippen LogP contribution is 2.17. The lowest BCUT2D eigenvalue weighted by molar-refractivity contribution is 0.0708. The van der Waals surface area contributed by atoms with Gasteiger partial charge in [0.25, 0.3) is 0 Å². The van der Waals surface area contributed by atoms with Crippen LogP contribution >= 0.6 is 11.6 Å². The van der Waals surface area contributed by atoms with Crippen LogP contribution in [0.5, 0.6) is 0 Å². The van der Waals surface area contributed by atoms with Crippen molar-refractivity contribution in [2.24, 2.45) is 5.73 Å². The van der Waals surface area contributed by atoms with Gasteiger partial charge < -0.3 is 37.6 Å². The Morgan fingerprint density at radius 1 is 0.857 bits per heavy atom. The average Bonchev–Trinajstić information content (AvgIpc) is 2.68. The van der Waals surface area contributed by atoms with Crippen LogP contribution in [0.3, 0.4) is 0 Å². The molecule has 0 spiro atoms. The highest BCUT2D eigenvalue weighted by Gasteiger charge is 2.39. The van der Waals surface area contributed by atoms with Gasteiger partial charge >= 0.3 is 23.6 Å². The summed E-state index contributed by atoms with van der Waals surface area (Å²) >= 11 is 5.53. The van der Waals surface area contributed by atoms with Gasteiger partial charge in [0.1, 0.15) is 0 Å². The van der Waals surface area contributed by atoms with Gasteiger partial charge in [-0.25, -0.2) is 4.79 Å². The molecule has 0 rings (SSSR count). The molecule has 0 fully saturated rings. The third-order valence-electron chi connectivity index (χ3n) is 3.60. The van der Waals surface area contributed by atoms with E-state index in [0.29, 0.717) is 38.3 Å². The van der Waals surface area contributed by atoms with Crippen LogP contribution in [0.2, 0.25) is 12.1 Å². The van der Waals surface area contributed by atoms with Crippen molar-refractivity contribution < 1.29 is 31.4 Å². The van der Waals surface area contributed by atoms with Gasteiger partial charge in [0.15, 0.2) is 0 Å². The van der Waals surface area contributed by atoms with Crippen LogP contribution < -0.4 is 11.1 Å². The number of alkyl halides is 1. The van der Waals surface area contributed by atoms with E-state index < -0.39 is 23.6 Å². The minimum Gasteiger partial charge on any atom is -0.377 e. The number of urea groups is 1.